The molecule has 0 fully saturated rings. The molecule has 8 nitrogen and oxygen atoms in total. The highest BCUT2D eigenvalue weighted by molar-refractivity contribution is 5.39. The molecule has 3 heterocycles. The van der Waals surface area contributed by atoms with E-state index in [1.54, 1.807) is 6.07 Å². The van der Waals surface area contributed by atoms with Gasteiger partial charge < -0.3 is 10.8 Å². The zero-order chi connectivity index (χ0) is 16.8. The number of H-pyrrole nitrogens is 1. The molecule has 0 radical (unpaired) electrons. The maximum atomic E-state index is 12.1. The van der Waals surface area contributed by atoms with Crippen molar-refractivity contribution in [2.45, 2.75) is 25.9 Å². The molecule has 3 aromatic rings. The monoisotopic (exact) mass is 326 g/mol. The summed E-state index contributed by atoms with van der Waals surface area (Å²) in [6, 6.07) is 7.13. The summed E-state index contributed by atoms with van der Waals surface area (Å²) in [5.74, 6) is 0.706. The number of benzene rings is 1. The van der Waals surface area contributed by atoms with Crippen LogP contribution in [-0.4, -0.2) is 36.1 Å². The van der Waals surface area contributed by atoms with Crippen molar-refractivity contribution in [1.82, 2.24) is 24.5 Å². The first kappa shape index (κ1) is 14.7. The SMILES string of the molecule is CC1c2cc(O)ccc2CCN1Cc1cc(=O)n2[nH]c(N)nc2n1. The van der Waals surface area contributed by atoms with Gasteiger partial charge in [-0.25, -0.2) is 4.98 Å². The maximum Gasteiger partial charge on any atom is 0.274 e. The van der Waals surface area contributed by atoms with E-state index in [-0.39, 0.29) is 29.1 Å². The van der Waals surface area contributed by atoms with E-state index >= 15 is 0 Å². The number of phenols is 1. The van der Waals surface area contributed by atoms with Gasteiger partial charge in [0.2, 0.25) is 5.95 Å². The van der Waals surface area contributed by atoms with Crippen LogP contribution in [0.1, 0.15) is 29.8 Å². The third-order valence-corrected chi connectivity index (χ3v) is 4.56. The minimum atomic E-state index is -0.234. The summed E-state index contributed by atoms with van der Waals surface area (Å²) in [5.41, 5.74) is 8.37. The number of nitrogens with zero attached hydrogens (tertiary/aromatic N) is 4. The van der Waals surface area contributed by atoms with Crippen LogP contribution in [0.3, 0.4) is 0 Å². The van der Waals surface area contributed by atoms with Crippen molar-refractivity contribution in [3.05, 3.63) is 51.4 Å². The molecule has 0 bridgehead atoms. The van der Waals surface area contributed by atoms with Crippen LogP contribution < -0.4 is 11.3 Å². The zero-order valence-corrected chi connectivity index (χ0v) is 13.2. The van der Waals surface area contributed by atoms with E-state index in [1.165, 1.54) is 16.1 Å². The van der Waals surface area contributed by atoms with Crippen molar-refractivity contribution in [2.24, 2.45) is 0 Å². The first-order valence-electron chi connectivity index (χ1n) is 7.81. The van der Waals surface area contributed by atoms with Gasteiger partial charge in [-0.05, 0) is 36.6 Å². The average Bonchev–Trinajstić information content (AvgIpc) is 2.92. The van der Waals surface area contributed by atoms with Gasteiger partial charge in [0, 0.05) is 25.2 Å². The van der Waals surface area contributed by atoms with Crippen LogP contribution in [0.4, 0.5) is 5.95 Å². The molecule has 2 aromatic heterocycles. The van der Waals surface area contributed by atoms with Gasteiger partial charge in [0.1, 0.15) is 5.75 Å². The van der Waals surface area contributed by atoms with E-state index in [2.05, 4.69) is 26.9 Å². The fourth-order valence-corrected chi connectivity index (χ4v) is 3.30. The van der Waals surface area contributed by atoms with Gasteiger partial charge in [-0.1, -0.05) is 6.07 Å². The van der Waals surface area contributed by atoms with Gasteiger partial charge in [0.05, 0.1) is 5.69 Å². The molecule has 1 aliphatic heterocycles. The van der Waals surface area contributed by atoms with Crippen LogP contribution in [-0.2, 0) is 13.0 Å². The number of nitrogen functional groups attached to an aromatic ring is 1. The average molecular weight is 326 g/mol. The molecule has 0 amide bonds. The van der Waals surface area contributed by atoms with E-state index in [0.29, 0.717) is 12.2 Å². The van der Waals surface area contributed by atoms with Crippen LogP contribution in [0, 0.1) is 0 Å². The van der Waals surface area contributed by atoms with E-state index in [1.807, 2.05) is 12.1 Å². The van der Waals surface area contributed by atoms with Gasteiger partial charge in [-0.3, -0.25) is 14.8 Å². The van der Waals surface area contributed by atoms with E-state index in [9.17, 15) is 9.90 Å². The number of nitrogens with two attached hydrogens (primary N) is 1. The predicted octanol–water partition coefficient (Wildman–Crippen LogP) is 0.825. The molecule has 24 heavy (non-hydrogen) atoms. The molecule has 0 saturated heterocycles. The number of anilines is 1. The quantitative estimate of drug-likeness (QED) is 0.643. The van der Waals surface area contributed by atoms with Gasteiger partial charge in [0.15, 0.2) is 0 Å². The summed E-state index contributed by atoms with van der Waals surface area (Å²) in [5, 5.41) is 12.4. The molecule has 0 spiro atoms. The molecule has 4 rings (SSSR count). The number of fused-ring (bicyclic) bond motifs is 2. The molecule has 0 saturated carbocycles. The van der Waals surface area contributed by atoms with Crippen molar-refractivity contribution in [2.75, 3.05) is 12.3 Å². The van der Waals surface area contributed by atoms with Crippen LogP contribution in [0.5, 0.6) is 5.75 Å². The lowest BCUT2D eigenvalue weighted by Gasteiger charge is -2.35. The number of hydrogen-bond acceptors (Lipinski definition) is 6. The lowest BCUT2D eigenvalue weighted by atomic mass is 9.93. The van der Waals surface area contributed by atoms with Crippen molar-refractivity contribution < 1.29 is 5.11 Å². The first-order valence-corrected chi connectivity index (χ1v) is 7.81. The molecule has 4 N–H and O–H groups in total. The van der Waals surface area contributed by atoms with Crippen molar-refractivity contribution >= 4 is 11.7 Å². The Bertz CT molecular complexity index is 976. The predicted molar refractivity (Wildman–Crippen MR) is 88.7 cm³/mol. The Kier molecular flexibility index (Phi) is 3.27. The lowest BCUT2D eigenvalue weighted by Crippen LogP contribution is -2.34. The Morgan fingerprint density at radius 3 is 3.04 bits per heavy atom. The standard InChI is InChI=1S/C16H18N6O2/c1-9-13-7-12(23)3-2-10(13)4-5-21(9)8-11-6-14(24)22-16(18-11)19-15(17)20-22/h2-3,6-7,9,23H,4-5,8H2,1H3,(H3,17,18,19,20). The van der Waals surface area contributed by atoms with E-state index in [0.717, 1.165) is 18.5 Å². The van der Waals surface area contributed by atoms with Crippen molar-refractivity contribution in [3.63, 3.8) is 0 Å². The Hall–Kier alpha value is -2.87. The van der Waals surface area contributed by atoms with E-state index < -0.39 is 0 Å². The normalized spacial score (nSPS) is 18.0. The summed E-state index contributed by atoms with van der Waals surface area (Å²) in [6.45, 7) is 3.49. The molecular weight excluding hydrogens is 308 g/mol. The molecule has 0 aliphatic carbocycles. The second-order valence-corrected chi connectivity index (χ2v) is 6.11. The first-order chi connectivity index (χ1) is 11.5. The topological polar surface area (TPSA) is 113 Å². The van der Waals surface area contributed by atoms with Crippen LogP contribution in [0.15, 0.2) is 29.1 Å². The maximum absolute atomic E-state index is 12.1. The Balaban J connectivity index is 1.65. The van der Waals surface area contributed by atoms with Crippen LogP contribution in [0.2, 0.25) is 0 Å². The molecule has 8 heteroatoms. The third kappa shape index (κ3) is 2.41. The van der Waals surface area contributed by atoms with Gasteiger partial charge in [-0.2, -0.15) is 9.50 Å². The molecular formula is C16H18N6O2. The Morgan fingerprint density at radius 1 is 1.38 bits per heavy atom. The van der Waals surface area contributed by atoms with Crippen LogP contribution >= 0.6 is 0 Å². The largest absolute Gasteiger partial charge is 0.508 e. The number of rotatable bonds is 2. The molecule has 124 valence electrons. The second kappa shape index (κ2) is 5.34. The number of phenolic OH excluding ortho intramolecular Hbond substituents is 1. The van der Waals surface area contributed by atoms with Crippen LogP contribution in [0.25, 0.3) is 5.78 Å². The van der Waals surface area contributed by atoms with Gasteiger partial charge >= 0.3 is 0 Å². The Labute approximate surface area is 137 Å². The molecule has 1 aromatic carbocycles. The number of aromatic hydroxyl groups is 1. The molecule has 1 unspecified atom stereocenters. The molecule has 1 aliphatic rings. The highest BCUT2D eigenvalue weighted by atomic mass is 16.3. The summed E-state index contributed by atoms with van der Waals surface area (Å²) < 4.78 is 1.23. The fourth-order valence-electron chi connectivity index (χ4n) is 3.30. The number of nitrogens with one attached hydrogen (secondary N) is 1. The minimum absolute atomic E-state index is 0.130. The highest BCUT2D eigenvalue weighted by Gasteiger charge is 2.24. The van der Waals surface area contributed by atoms with E-state index in [4.69, 9.17) is 5.73 Å². The highest BCUT2D eigenvalue weighted by Crippen LogP contribution is 2.32. The zero-order valence-electron chi connectivity index (χ0n) is 13.2. The van der Waals surface area contributed by atoms with Gasteiger partial charge in [-0.15, -0.1) is 0 Å². The Morgan fingerprint density at radius 2 is 2.21 bits per heavy atom. The molecule has 1 atom stereocenters. The third-order valence-electron chi connectivity index (χ3n) is 4.56. The number of aromatic amines is 1. The van der Waals surface area contributed by atoms with Gasteiger partial charge in [0.25, 0.3) is 11.3 Å². The lowest BCUT2D eigenvalue weighted by molar-refractivity contribution is 0.187. The summed E-state index contributed by atoms with van der Waals surface area (Å²) in [4.78, 5) is 22.8. The van der Waals surface area contributed by atoms with Crippen molar-refractivity contribution in [3.8, 4) is 5.75 Å². The summed E-state index contributed by atoms with van der Waals surface area (Å²) >= 11 is 0. The second-order valence-electron chi connectivity index (χ2n) is 6.11. The smallest absolute Gasteiger partial charge is 0.274 e. The summed E-state index contributed by atoms with van der Waals surface area (Å²) in [6.07, 6.45) is 0.899. The summed E-state index contributed by atoms with van der Waals surface area (Å²) in [7, 11) is 0. The fraction of sp³-hybridized carbons (Fsp3) is 0.312. The minimum Gasteiger partial charge on any atom is -0.508 e. The number of hydrogen-bond donors (Lipinski definition) is 3. The van der Waals surface area contributed by atoms with Crippen molar-refractivity contribution in [1.29, 1.82) is 0 Å². The number of aromatic nitrogens is 4.